The maximum Gasteiger partial charge on any atom is 0.191 e. The first-order valence-electron chi connectivity index (χ1n) is 7.89. The van der Waals surface area contributed by atoms with Crippen molar-refractivity contribution in [2.75, 3.05) is 13.1 Å². The molecule has 1 aromatic carbocycles. The molecule has 2 rings (SSSR count). The highest BCUT2D eigenvalue weighted by Gasteiger charge is 2.11. The van der Waals surface area contributed by atoms with E-state index in [0.29, 0.717) is 6.54 Å². The first kappa shape index (κ1) is 16.3. The number of aromatic nitrogens is 2. The zero-order valence-electron chi connectivity index (χ0n) is 14.3. The first-order chi connectivity index (χ1) is 10.4. The van der Waals surface area contributed by atoms with Gasteiger partial charge in [-0.15, -0.1) is 0 Å². The van der Waals surface area contributed by atoms with Gasteiger partial charge in [0.2, 0.25) is 0 Å². The molecule has 5 nitrogen and oxygen atoms in total. The summed E-state index contributed by atoms with van der Waals surface area (Å²) in [7, 11) is 0. The summed E-state index contributed by atoms with van der Waals surface area (Å²) in [6, 6.07) is 8.23. The predicted octanol–water partition coefficient (Wildman–Crippen LogP) is 2.70. The molecule has 0 unspecified atom stereocenters. The SMILES string of the molecule is CCNC(=NCCn1c(C)nc2ccccc21)NC(C)(C)C. The summed E-state index contributed by atoms with van der Waals surface area (Å²) in [5.41, 5.74) is 2.21. The Hall–Kier alpha value is -2.04. The minimum absolute atomic E-state index is 0.00137. The fourth-order valence-electron chi connectivity index (χ4n) is 2.40. The average Bonchev–Trinajstić information content (AvgIpc) is 2.74. The van der Waals surface area contributed by atoms with Gasteiger partial charge in [-0.1, -0.05) is 12.1 Å². The van der Waals surface area contributed by atoms with Crippen molar-refractivity contribution in [3.05, 3.63) is 30.1 Å². The number of hydrogen-bond acceptors (Lipinski definition) is 2. The summed E-state index contributed by atoms with van der Waals surface area (Å²) in [5, 5.41) is 6.69. The number of nitrogens with one attached hydrogen (secondary N) is 2. The highest BCUT2D eigenvalue weighted by Crippen LogP contribution is 2.15. The Balaban J connectivity index is 2.09. The van der Waals surface area contributed by atoms with E-state index in [9.17, 15) is 0 Å². The zero-order chi connectivity index (χ0) is 16.2. The van der Waals surface area contributed by atoms with Gasteiger partial charge in [-0.25, -0.2) is 4.98 Å². The summed E-state index contributed by atoms with van der Waals surface area (Å²) < 4.78 is 2.22. The van der Waals surface area contributed by atoms with E-state index in [0.717, 1.165) is 30.4 Å². The van der Waals surface area contributed by atoms with Gasteiger partial charge in [0.25, 0.3) is 0 Å². The first-order valence-corrected chi connectivity index (χ1v) is 7.89. The van der Waals surface area contributed by atoms with Gasteiger partial charge in [-0.2, -0.15) is 0 Å². The predicted molar refractivity (Wildman–Crippen MR) is 93.3 cm³/mol. The maximum atomic E-state index is 4.67. The molecule has 1 heterocycles. The average molecular weight is 301 g/mol. The van der Waals surface area contributed by atoms with Gasteiger partial charge in [-0.05, 0) is 46.8 Å². The number of guanidine groups is 1. The third kappa shape index (κ3) is 4.23. The van der Waals surface area contributed by atoms with Crippen LogP contribution in [0, 0.1) is 6.92 Å². The van der Waals surface area contributed by atoms with Crippen molar-refractivity contribution in [3.63, 3.8) is 0 Å². The molecule has 0 aliphatic carbocycles. The molecular weight excluding hydrogens is 274 g/mol. The van der Waals surface area contributed by atoms with E-state index in [-0.39, 0.29) is 5.54 Å². The smallest absolute Gasteiger partial charge is 0.191 e. The lowest BCUT2D eigenvalue weighted by Crippen LogP contribution is -2.47. The van der Waals surface area contributed by atoms with Crippen LogP contribution in [-0.4, -0.2) is 34.1 Å². The van der Waals surface area contributed by atoms with E-state index in [2.05, 4.69) is 65.0 Å². The number of fused-ring (bicyclic) bond motifs is 1. The van der Waals surface area contributed by atoms with Crippen LogP contribution >= 0.6 is 0 Å². The molecule has 5 heteroatoms. The summed E-state index contributed by atoms with van der Waals surface area (Å²) in [6.45, 7) is 12.9. The number of imidazole rings is 1. The number of aryl methyl sites for hydroxylation is 1. The van der Waals surface area contributed by atoms with Gasteiger partial charge in [0, 0.05) is 18.6 Å². The number of aliphatic imine (C=N–C) groups is 1. The molecule has 22 heavy (non-hydrogen) atoms. The highest BCUT2D eigenvalue weighted by molar-refractivity contribution is 5.80. The summed E-state index contributed by atoms with van der Waals surface area (Å²) >= 11 is 0. The van der Waals surface area contributed by atoms with Crippen molar-refractivity contribution in [3.8, 4) is 0 Å². The fourth-order valence-corrected chi connectivity index (χ4v) is 2.40. The van der Waals surface area contributed by atoms with Gasteiger partial charge in [0.1, 0.15) is 5.82 Å². The van der Waals surface area contributed by atoms with E-state index in [4.69, 9.17) is 0 Å². The van der Waals surface area contributed by atoms with Crippen LogP contribution in [-0.2, 0) is 6.54 Å². The molecule has 1 aromatic heterocycles. The van der Waals surface area contributed by atoms with Crippen molar-refractivity contribution in [2.24, 2.45) is 4.99 Å². The molecule has 120 valence electrons. The third-order valence-electron chi connectivity index (χ3n) is 3.28. The second-order valence-corrected chi connectivity index (χ2v) is 6.44. The third-order valence-corrected chi connectivity index (χ3v) is 3.28. The van der Waals surface area contributed by atoms with Crippen molar-refractivity contribution in [2.45, 2.75) is 46.7 Å². The molecule has 0 fully saturated rings. The number of para-hydroxylation sites is 2. The lowest BCUT2D eigenvalue weighted by atomic mass is 10.1. The van der Waals surface area contributed by atoms with Gasteiger partial charge in [0.05, 0.1) is 17.6 Å². The lowest BCUT2D eigenvalue weighted by Gasteiger charge is -2.23. The number of benzene rings is 1. The molecule has 2 N–H and O–H groups in total. The van der Waals surface area contributed by atoms with Crippen LogP contribution in [0.4, 0.5) is 0 Å². The standard InChI is InChI=1S/C17H27N5/c1-6-18-16(21-17(3,4)5)19-11-12-22-13(2)20-14-9-7-8-10-15(14)22/h7-10H,6,11-12H2,1-5H3,(H2,18,19,21). The van der Waals surface area contributed by atoms with Crippen molar-refractivity contribution >= 4 is 17.0 Å². The molecule has 2 aromatic rings. The largest absolute Gasteiger partial charge is 0.357 e. The van der Waals surface area contributed by atoms with Gasteiger partial charge < -0.3 is 15.2 Å². The van der Waals surface area contributed by atoms with E-state index < -0.39 is 0 Å². The molecule has 0 saturated heterocycles. The molecule has 0 amide bonds. The maximum absolute atomic E-state index is 4.67. The van der Waals surface area contributed by atoms with Crippen LogP contribution in [0.25, 0.3) is 11.0 Å². The Morgan fingerprint density at radius 1 is 1.27 bits per heavy atom. The van der Waals surface area contributed by atoms with Crippen LogP contribution in [0.1, 0.15) is 33.5 Å². The van der Waals surface area contributed by atoms with Crippen LogP contribution in [0.5, 0.6) is 0 Å². The minimum Gasteiger partial charge on any atom is -0.357 e. The van der Waals surface area contributed by atoms with Crippen LogP contribution in [0.2, 0.25) is 0 Å². The molecule has 0 aliphatic heterocycles. The van der Waals surface area contributed by atoms with Crippen molar-refractivity contribution in [1.29, 1.82) is 0 Å². The summed E-state index contributed by atoms with van der Waals surface area (Å²) in [6.07, 6.45) is 0. The van der Waals surface area contributed by atoms with Gasteiger partial charge in [0.15, 0.2) is 5.96 Å². The van der Waals surface area contributed by atoms with Crippen molar-refractivity contribution in [1.82, 2.24) is 20.2 Å². The second kappa shape index (κ2) is 6.81. The Bertz CT molecular complexity index is 649. The van der Waals surface area contributed by atoms with Gasteiger partial charge in [-0.3, -0.25) is 4.99 Å². The fraction of sp³-hybridized carbons (Fsp3) is 0.529. The molecule has 0 saturated carbocycles. The van der Waals surface area contributed by atoms with E-state index in [1.807, 2.05) is 19.1 Å². The monoisotopic (exact) mass is 301 g/mol. The van der Waals surface area contributed by atoms with Crippen LogP contribution < -0.4 is 10.6 Å². The zero-order valence-corrected chi connectivity index (χ0v) is 14.3. The number of hydrogen-bond donors (Lipinski definition) is 2. The number of rotatable bonds is 4. The van der Waals surface area contributed by atoms with Gasteiger partial charge >= 0.3 is 0 Å². The van der Waals surface area contributed by atoms with Crippen LogP contribution in [0.15, 0.2) is 29.3 Å². The molecule has 0 aliphatic rings. The summed E-state index contributed by atoms with van der Waals surface area (Å²) in [5.74, 6) is 1.89. The molecule has 0 radical (unpaired) electrons. The quantitative estimate of drug-likeness (QED) is 0.674. The molecular formula is C17H27N5. The Morgan fingerprint density at radius 3 is 2.68 bits per heavy atom. The summed E-state index contributed by atoms with van der Waals surface area (Å²) in [4.78, 5) is 9.26. The molecule has 0 bridgehead atoms. The minimum atomic E-state index is -0.00137. The second-order valence-electron chi connectivity index (χ2n) is 6.44. The topological polar surface area (TPSA) is 54.2 Å². The van der Waals surface area contributed by atoms with E-state index in [1.165, 1.54) is 5.52 Å². The Morgan fingerprint density at radius 2 is 2.00 bits per heavy atom. The van der Waals surface area contributed by atoms with Crippen LogP contribution in [0.3, 0.4) is 0 Å². The number of nitrogens with zero attached hydrogens (tertiary/aromatic N) is 3. The molecule has 0 atom stereocenters. The Kier molecular flexibility index (Phi) is 5.06. The normalized spacial score (nSPS) is 12.7. The van der Waals surface area contributed by atoms with E-state index in [1.54, 1.807) is 0 Å². The molecule has 0 spiro atoms. The Labute approximate surface area is 132 Å². The van der Waals surface area contributed by atoms with E-state index >= 15 is 0 Å². The highest BCUT2D eigenvalue weighted by atomic mass is 15.2. The lowest BCUT2D eigenvalue weighted by molar-refractivity contribution is 0.501. The van der Waals surface area contributed by atoms with Crippen molar-refractivity contribution < 1.29 is 0 Å².